The van der Waals surface area contributed by atoms with Gasteiger partial charge in [0.15, 0.2) is 0 Å². The molecule has 1 fully saturated rings. The average molecular weight is 408 g/mol. The number of aryl methyl sites for hydroxylation is 1. The largest absolute Gasteiger partial charge is 0.506 e. The number of rotatable bonds is 7. The van der Waals surface area contributed by atoms with Crippen molar-refractivity contribution in [3.8, 4) is 5.75 Å². The molecule has 30 heavy (non-hydrogen) atoms. The molecule has 0 aromatic heterocycles. The van der Waals surface area contributed by atoms with Crippen LogP contribution in [0.2, 0.25) is 0 Å². The molecule has 1 aliphatic heterocycles. The summed E-state index contributed by atoms with van der Waals surface area (Å²) in [5.74, 6) is -0.258. The second kappa shape index (κ2) is 10.6. The Morgan fingerprint density at radius 2 is 1.70 bits per heavy atom. The number of carbonyl (C=O) groups excluding carboxylic acids is 2. The molecule has 0 atom stereocenters. The van der Waals surface area contributed by atoms with E-state index in [-0.39, 0.29) is 30.4 Å². The number of phenolic OH excluding ortho intramolecular Hbond substituents is 1. The third-order valence-corrected chi connectivity index (χ3v) is 5.22. The molecule has 1 saturated heterocycles. The van der Waals surface area contributed by atoms with Gasteiger partial charge in [-0.2, -0.15) is 0 Å². The fourth-order valence-electron chi connectivity index (χ4n) is 3.37. The summed E-state index contributed by atoms with van der Waals surface area (Å²) in [5.41, 5.74) is 2.81. The van der Waals surface area contributed by atoms with Crippen molar-refractivity contribution in [1.29, 1.82) is 0 Å². The molecule has 0 aliphatic carbocycles. The van der Waals surface area contributed by atoms with E-state index in [0.29, 0.717) is 18.8 Å². The summed E-state index contributed by atoms with van der Waals surface area (Å²) in [5, 5.41) is 12.3. The molecule has 0 spiro atoms. The van der Waals surface area contributed by atoms with Gasteiger partial charge < -0.3 is 15.3 Å². The molecule has 2 N–H and O–H groups in total. The van der Waals surface area contributed by atoms with E-state index in [1.165, 1.54) is 17.2 Å². The first kappa shape index (κ1) is 21.6. The lowest BCUT2D eigenvalue weighted by Gasteiger charge is -2.34. The van der Waals surface area contributed by atoms with Gasteiger partial charge in [0.25, 0.3) is 0 Å². The molecule has 2 aromatic carbocycles. The van der Waals surface area contributed by atoms with Crippen molar-refractivity contribution in [2.45, 2.75) is 19.8 Å². The minimum atomic E-state index is -0.273. The van der Waals surface area contributed by atoms with Crippen molar-refractivity contribution >= 4 is 23.6 Å². The van der Waals surface area contributed by atoms with Gasteiger partial charge in [-0.3, -0.25) is 14.5 Å². The zero-order chi connectivity index (χ0) is 21.3. The van der Waals surface area contributed by atoms with Crippen LogP contribution in [0.25, 0.3) is 6.08 Å². The highest BCUT2D eigenvalue weighted by Crippen LogP contribution is 2.21. The second-order valence-electron chi connectivity index (χ2n) is 7.56. The van der Waals surface area contributed by atoms with Crippen LogP contribution < -0.4 is 5.32 Å². The molecule has 6 nitrogen and oxygen atoms in total. The van der Waals surface area contributed by atoms with Gasteiger partial charge >= 0.3 is 0 Å². The number of hydrogen-bond acceptors (Lipinski definition) is 4. The Labute approximate surface area is 177 Å². The summed E-state index contributed by atoms with van der Waals surface area (Å²) in [4.78, 5) is 28.6. The molecule has 158 valence electrons. The summed E-state index contributed by atoms with van der Waals surface area (Å²) in [7, 11) is 0. The number of nitrogens with one attached hydrogen (secondary N) is 1. The molecule has 0 saturated carbocycles. The first-order valence-corrected chi connectivity index (χ1v) is 10.3. The highest BCUT2D eigenvalue weighted by atomic mass is 16.3. The van der Waals surface area contributed by atoms with Gasteiger partial charge in [0.1, 0.15) is 5.75 Å². The fraction of sp³-hybridized carbons (Fsp3) is 0.333. The number of anilines is 1. The Balaban J connectivity index is 1.36. The van der Waals surface area contributed by atoms with Gasteiger partial charge in [-0.05, 0) is 24.6 Å². The van der Waals surface area contributed by atoms with Crippen molar-refractivity contribution in [1.82, 2.24) is 9.80 Å². The van der Waals surface area contributed by atoms with E-state index in [1.54, 1.807) is 18.2 Å². The van der Waals surface area contributed by atoms with Crippen LogP contribution >= 0.6 is 0 Å². The van der Waals surface area contributed by atoms with E-state index in [2.05, 4.69) is 53.6 Å². The second-order valence-corrected chi connectivity index (χ2v) is 7.56. The van der Waals surface area contributed by atoms with E-state index < -0.39 is 0 Å². The lowest BCUT2D eigenvalue weighted by molar-refractivity contribution is -0.134. The van der Waals surface area contributed by atoms with E-state index in [1.807, 2.05) is 4.90 Å². The average Bonchev–Trinajstić information content (AvgIpc) is 2.75. The SMILES string of the molecule is Cc1ccc(/C=C/CN2CCN(C(=O)CCC(=O)Nc3ccccc3O)CC2)cc1. The van der Waals surface area contributed by atoms with Crippen molar-refractivity contribution in [3.63, 3.8) is 0 Å². The molecular weight excluding hydrogens is 378 g/mol. The quantitative estimate of drug-likeness (QED) is 0.691. The molecule has 2 aromatic rings. The number of hydrogen-bond donors (Lipinski definition) is 2. The summed E-state index contributed by atoms with van der Waals surface area (Å²) in [6.07, 6.45) is 4.56. The van der Waals surface area contributed by atoms with Crippen LogP contribution in [0, 0.1) is 6.92 Å². The van der Waals surface area contributed by atoms with Crippen molar-refractivity contribution in [2.24, 2.45) is 0 Å². The van der Waals surface area contributed by atoms with Crippen LogP contribution in [0.1, 0.15) is 24.0 Å². The van der Waals surface area contributed by atoms with Gasteiger partial charge in [-0.1, -0.05) is 54.1 Å². The number of nitrogens with zero attached hydrogens (tertiary/aromatic N) is 2. The first-order valence-electron chi connectivity index (χ1n) is 10.3. The molecule has 3 rings (SSSR count). The zero-order valence-corrected chi connectivity index (χ0v) is 17.4. The molecule has 0 unspecified atom stereocenters. The monoisotopic (exact) mass is 407 g/mol. The van der Waals surface area contributed by atoms with Gasteiger partial charge in [-0.15, -0.1) is 0 Å². The summed E-state index contributed by atoms with van der Waals surface area (Å²) >= 11 is 0. The highest BCUT2D eigenvalue weighted by Gasteiger charge is 2.21. The van der Waals surface area contributed by atoms with E-state index in [0.717, 1.165) is 19.6 Å². The van der Waals surface area contributed by atoms with Crippen LogP contribution in [0.15, 0.2) is 54.6 Å². The predicted molar refractivity (Wildman–Crippen MR) is 119 cm³/mol. The molecule has 1 heterocycles. The number of phenols is 1. The van der Waals surface area contributed by atoms with Gasteiger partial charge in [0.2, 0.25) is 11.8 Å². The molecule has 1 aliphatic rings. The lowest BCUT2D eigenvalue weighted by Crippen LogP contribution is -2.48. The minimum Gasteiger partial charge on any atom is -0.506 e. The van der Waals surface area contributed by atoms with Crippen LogP contribution in [0.3, 0.4) is 0 Å². The predicted octanol–water partition coefficient (Wildman–Crippen LogP) is 3.28. The van der Waals surface area contributed by atoms with Crippen molar-refractivity contribution < 1.29 is 14.7 Å². The topological polar surface area (TPSA) is 72.9 Å². The standard InChI is InChI=1S/C24H29N3O3/c1-19-8-10-20(11-9-19)5-4-14-26-15-17-27(18-16-26)24(30)13-12-23(29)25-21-6-2-3-7-22(21)28/h2-11,28H,12-18H2,1H3,(H,25,29)/b5-4+. The van der Waals surface area contributed by atoms with Gasteiger partial charge in [0.05, 0.1) is 5.69 Å². The summed E-state index contributed by atoms with van der Waals surface area (Å²) in [6, 6.07) is 15.0. The maximum absolute atomic E-state index is 12.4. The summed E-state index contributed by atoms with van der Waals surface area (Å²) < 4.78 is 0. The highest BCUT2D eigenvalue weighted by molar-refractivity contribution is 5.94. The van der Waals surface area contributed by atoms with Crippen LogP contribution in [-0.4, -0.2) is 59.4 Å². The Kier molecular flexibility index (Phi) is 7.63. The summed E-state index contributed by atoms with van der Waals surface area (Å²) in [6.45, 7) is 5.95. The number of amides is 2. The van der Waals surface area contributed by atoms with E-state index in [9.17, 15) is 14.7 Å². The van der Waals surface area contributed by atoms with E-state index >= 15 is 0 Å². The maximum atomic E-state index is 12.4. The number of para-hydroxylation sites is 2. The molecule has 0 bridgehead atoms. The van der Waals surface area contributed by atoms with Crippen LogP contribution in [-0.2, 0) is 9.59 Å². The molecular formula is C24H29N3O3. The third kappa shape index (κ3) is 6.46. The smallest absolute Gasteiger partial charge is 0.224 e. The molecule has 2 amide bonds. The minimum absolute atomic E-state index is 0.00252. The molecule has 6 heteroatoms. The normalized spacial score (nSPS) is 14.8. The number of piperazine rings is 1. The van der Waals surface area contributed by atoms with Crippen molar-refractivity contribution in [3.05, 3.63) is 65.7 Å². The Bertz CT molecular complexity index is 885. The molecule has 0 radical (unpaired) electrons. The zero-order valence-electron chi connectivity index (χ0n) is 17.4. The number of carbonyl (C=O) groups is 2. The number of aromatic hydroxyl groups is 1. The third-order valence-electron chi connectivity index (χ3n) is 5.22. The first-order chi connectivity index (χ1) is 14.5. The van der Waals surface area contributed by atoms with Gasteiger partial charge in [0, 0.05) is 45.6 Å². The van der Waals surface area contributed by atoms with Crippen molar-refractivity contribution in [2.75, 3.05) is 38.0 Å². The maximum Gasteiger partial charge on any atom is 0.224 e. The number of benzene rings is 2. The Hall–Kier alpha value is -3.12. The Morgan fingerprint density at radius 3 is 2.40 bits per heavy atom. The fourth-order valence-corrected chi connectivity index (χ4v) is 3.37. The van der Waals surface area contributed by atoms with Gasteiger partial charge in [-0.25, -0.2) is 0 Å². The Morgan fingerprint density at radius 1 is 1.00 bits per heavy atom. The van der Waals surface area contributed by atoms with Crippen LogP contribution in [0.4, 0.5) is 5.69 Å². The van der Waals surface area contributed by atoms with E-state index in [4.69, 9.17) is 0 Å². The van der Waals surface area contributed by atoms with Crippen LogP contribution in [0.5, 0.6) is 5.75 Å². The lowest BCUT2D eigenvalue weighted by atomic mass is 10.1.